The highest BCUT2D eigenvalue weighted by molar-refractivity contribution is 9.13. The molecule has 0 unspecified atom stereocenters. The summed E-state index contributed by atoms with van der Waals surface area (Å²) in [5.41, 5.74) is 1.11. The molecule has 3 heteroatoms. The van der Waals surface area contributed by atoms with Gasteiger partial charge in [0.1, 0.15) is 0 Å². The molecule has 0 fully saturated rings. The molecule has 0 saturated carbocycles. The Morgan fingerprint density at radius 1 is 1.20 bits per heavy atom. The minimum atomic E-state index is 0.966. The summed E-state index contributed by atoms with van der Waals surface area (Å²) in [4.78, 5) is 0. The third-order valence-electron chi connectivity index (χ3n) is 1.12. The predicted octanol–water partition coefficient (Wildman–Crippen LogP) is 4.08. The van der Waals surface area contributed by atoms with Gasteiger partial charge < -0.3 is 0 Å². The second kappa shape index (κ2) is 3.37. The molecule has 0 aliphatic rings. The molecule has 0 amide bonds. The van der Waals surface area contributed by atoms with Gasteiger partial charge >= 0.3 is 0 Å². The van der Waals surface area contributed by atoms with E-state index in [1.165, 1.54) is 0 Å². The van der Waals surface area contributed by atoms with Gasteiger partial charge in [0.25, 0.3) is 0 Å². The van der Waals surface area contributed by atoms with E-state index in [9.17, 15) is 0 Å². The highest BCUT2D eigenvalue weighted by Crippen LogP contribution is 2.28. The zero-order valence-corrected chi connectivity index (χ0v) is 9.97. The van der Waals surface area contributed by atoms with Crippen LogP contribution in [0.2, 0.25) is 0 Å². The summed E-state index contributed by atoms with van der Waals surface area (Å²) >= 11 is 10.1. The fraction of sp³-hybridized carbons (Fsp3) is 0.143. The van der Waals surface area contributed by atoms with Gasteiger partial charge in [-0.15, -0.1) is 0 Å². The minimum Gasteiger partial charge on any atom is -0.0505 e. The van der Waals surface area contributed by atoms with Crippen LogP contribution in [-0.2, 0) is 0 Å². The molecule has 0 aromatic heterocycles. The number of hydrogen-bond acceptors (Lipinski definition) is 0. The lowest BCUT2D eigenvalue weighted by Gasteiger charge is -1.99. The predicted molar refractivity (Wildman–Crippen MR) is 53.1 cm³/mol. The van der Waals surface area contributed by atoms with Crippen LogP contribution in [0, 0.1) is 13.0 Å². The maximum Gasteiger partial charge on any atom is 0.0399 e. The molecular formula is C7H4Br3. The second-order valence-corrected chi connectivity index (χ2v) is 4.41. The molecule has 0 aliphatic carbocycles. The van der Waals surface area contributed by atoms with Crippen molar-refractivity contribution in [1.29, 1.82) is 0 Å². The van der Waals surface area contributed by atoms with Gasteiger partial charge in [0.15, 0.2) is 0 Å². The summed E-state index contributed by atoms with van der Waals surface area (Å²) in [5, 5.41) is 0. The SMILES string of the molecule is Cc1[c]c(Br)c(Br)cc1Br. The molecule has 1 aromatic carbocycles. The van der Waals surface area contributed by atoms with Crippen molar-refractivity contribution in [2.24, 2.45) is 0 Å². The molecule has 1 rings (SSSR count). The van der Waals surface area contributed by atoms with Gasteiger partial charge in [-0.3, -0.25) is 0 Å². The Balaban J connectivity index is 3.28. The van der Waals surface area contributed by atoms with E-state index < -0.39 is 0 Å². The Hall–Kier alpha value is 0.660. The number of halogens is 3. The van der Waals surface area contributed by atoms with Crippen LogP contribution in [0.15, 0.2) is 19.5 Å². The van der Waals surface area contributed by atoms with Crippen LogP contribution in [0.3, 0.4) is 0 Å². The van der Waals surface area contributed by atoms with Gasteiger partial charge in [0, 0.05) is 19.5 Å². The largest absolute Gasteiger partial charge is 0.0505 e. The van der Waals surface area contributed by atoms with E-state index >= 15 is 0 Å². The average molecular weight is 328 g/mol. The first-order valence-electron chi connectivity index (χ1n) is 2.64. The maximum atomic E-state index is 3.40. The van der Waals surface area contributed by atoms with Crippen molar-refractivity contribution in [2.75, 3.05) is 0 Å². The lowest BCUT2D eigenvalue weighted by molar-refractivity contribution is 1.38. The van der Waals surface area contributed by atoms with E-state index in [0.29, 0.717) is 0 Å². The second-order valence-electron chi connectivity index (χ2n) is 1.90. The quantitative estimate of drug-likeness (QED) is 0.630. The Kier molecular flexibility index (Phi) is 2.95. The number of hydrogen-bond donors (Lipinski definition) is 0. The van der Waals surface area contributed by atoms with Crippen LogP contribution in [0.25, 0.3) is 0 Å². The molecule has 0 atom stereocenters. The van der Waals surface area contributed by atoms with Gasteiger partial charge in [-0.05, 0) is 50.4 Å². The lowest BCUT2D eigenvalue weighted by atomic mass is 10.2. The van der Waals surface area contributed by atoms with Gasteiger partial charge in [-0.1, -0.05) is 15.9 Å². The molecule has 1 aromatic rings. The van der Waals surface area contributed by atoms with E-state index in [2.05, 4.69) is 53.9 Å². The maximum absolute atomic E-state index is 3.40. The summed E-state index contributed by atoms with van der Waals surface area (Å²) in [6.45, 7) is 2.00. The normalized spacial score (nSPS) is 10.0. The molecule has 0 aliphatic heterocycles. The van der Waals surface area contributed by atoms with E-state index in [-0.39, 0.29) is 0 Å². The number of rotatable bonds is 0. The third-order valence-corrected chi connectivity index (χ3v) is 3.73. The van der Waals surface area contributed by atoms with Crippen LogP contribution in [0.5, 0.6) is 0 Å². The number of aryl methyl sites for hydroxylation is 1. The Bertz CT molecular complexity index is 205. The fourth-order valence-corrected chi connectivity index (χ4v) is 1.94. The lowest BCUT2D eigenvalue weighted by Crippen LogP contribution is -1.77. The van der Waals surface area contributed by atoms with E-state index in [4.69, 9.17) is 0 Å². The molecule has 53 valence electrons. The van der Waals surface area contributed by atoms with Crippen molar-refractivity contribution in [1.82, 2.24) is 0 Å². The van der Waals surface area contributed by atoms with Gasteiger partial charge in [0.2, 0.25) is 0 Å². The van der Waals surface area contributed by atoms with Crippen LogP contribution in [-0.4, -0.2) is 0 Å². The van der Waals surface area contributed by atoms with E-state index in [1.54, 1.807) is 0 Å². The van der Waals surface area contributed by atoms with Crippen LogP contribution in [0.1, 0.15) is 5.56 Å². The molecule has 0 nitrogen and oxygen atoms in total. The summed E-state index contributed by atoms with van der Waals surface area (Å²) in [6, 6.07) is 5.13. The highest BCUT2D eigenvalue weighted by atomic mass is 79.9. The minimum absolute atomic E-state index is 0.966. The Labute approximate surface area is 85.4 Å². The first-order chi connectivity index (χ1) is 4.61. The monoisotopic (exact) mass is 325 g/mol. The summed E-state index contributed by atoms with van der Waals surface area (Å²) in [5.74, 6) is 0. The molecule has 1 radical (unpaired) electrons. The first-order valence-corrected chi connectivity index (χ1v) is 5.02. The zero-order valence-electron chi connectivity index (χ0n) is 5.21. The zero-order chi connectivity index (χ0) is 7.72. The van der Waals surface area contributed by atoms with Crippen LogP contribution in [0.4, 0.5) is 0 Å². The van der Waals surface area contributed by atoms with Crippen LogP contribution < -0.4 is 0 Å². The Morgan fingerprint density at radius 3 is 2.30 bits per heavy atom. The van der Waals surface area contributed by atoms with Gasteiger partial charge in [-0.25, -0.2) is 0 Å². The van der Waals surface area contributed by atoms with Crippen molar-refractivity contribution in [3.63, 3.8) is 0 Å². The third kappa shape index (κ3) is 1.83. The summed E-state index contributed by atoms with van der Waals surface area (Å²) < 4.78 is 3.06. The van der Waals surface area contributed by atoms with E-state index in [0.717, 1.165) is 19.0 Å². The van der Waals surface area contributed by atoms with Gasteiger partial charge in [0.05, 0.1) is 0 Å². The standard InChI is InChI=1S/C7H4Br3/c1-4-2-6(9)7(10)3-5(4)8/h3H,1H3. The number of benzene rings is 1. The van der Waals surface area contributed by atoms with Gasteiger partial charge in [-0.2, -0.15) is 0 Å². The highest BCUT2D eigenvalue weighted by Gasteiger charge is 2.00. The molecular weight excluding hydrogens is 324 g/mol. The average Bonchev–Trinajstić information content (AvgIpc) is 1.84. The van der Waals surface area contributed by atoms with Crippen molar-refractivity contribution in [3.05, 3.63) is 31.1 Å². The van der Waals surface area contributed by atoms with Crippen molar-refractivity contribution < 1.29 is 0 Å². The fourth-order valence-electron chi connectivity index (χ4n) is 0.567. The molecule has 0 saturated heterocycles. The summed E-state index contributed by atoms with van der Waals surface area (Å²) in [6.07, 6.45) is 0. The first kappa shape index (κ1) is 8.75. The Morgan fingerprint density at radius 2 is 1.80 bits per heavy atom. The summed E-state index contributed by atoms with van der Waals surface area (Å²) in [7, 11) is 0. The van der Waals surface area contributed by atoms with Crippen molar-refractivity contribution in [3.8, 4) is 0 Å². The molecule has 0 spiro atoms. The topological polar surface area (TPSA) is 0 Å². The van der Waals surface area contributed by atoms with E-state index in [1.807, 2.05) is 13.0 Å². The van der Waals surface area contributed by atoms with Crippen molar-refractivity contribution >= 4 is 47.8 Å². The van der Waals surface area contributed by atoms with Crippen molar-refractivity contribution in [2.45, 2.75) is 6.92 Å². The molecule has 10 heavy (non-hydrogen) atoms. The molecule has 0 heterocycles. The molecule has 0 bridgehead atoms. The van der Waals surface area contributed by atoms with Crippen LogP contribution >= 0.6 is 47.8 Å². The molecule has 0 N–H and O–H groups in total. The smallest absolute Gasteiger partial charge is 0.0399 e.